The van der Waals surface area contributed by atoms with Gasteiger partial charge < -0.3 is 31.9 Å². The summed E-state index contributed by atoms with van der Waals surface area (Å²) in [6.45, 7) is -0.0492. The topological polar surface area (TPSA) is 294 Å². The van der Waals surface area contributed by atoms with Gasteiger partial charge in [0.25, 0.3) is 6.10 Å². The number of nitrogen functional groups attached to an aromatic ring is 1. The quantitative estimate of drug-likeness (QED) is 0.0384. The Labute approximate surface area is 259 Å². The zero-order chi connectivity index (χ0) is 32.7. The molecule has 0 unspecified atom stereocenters. The molecule has 21 heteroatoms. The molecule has 3 heterocycles. The monoisotopic (exact) mass is 664 g/mol. The maximum Gasteiger partial charge on any atom is 0.362 e. The molecule has 0 bridgehead atoms. The summed E-state index contributed by atoms with van der Waals surface area (Å²) >= 11 is 0.959. The minimum absolute atomic E-state index is 0.0575. The van der Waals surface area contributed by atoms with Crippen molar-refractivity contribution in [3.05, 3.63) is 53.6 Å². The number of amides is 1. The highest BCUT2D eigenvalue weighted by Gasteiger charge is 2.54. The average Bonchev–Trinajstić information content (AvgIpc) is 3.67. The number of hydrogen-bond donors (Lipinski definition) is 5. The fourth-order valence-electron chi connectivity index (χ4n) is 4.17. The summed E-state index contributed by atoms with van der Waals surface area (Å²) < 4.78 is 40.2. The molecule has 0 radical (unpaired) electrons. The molecule has 3 aromatic rings. The first kappa shape index (κ1) is 32.9. The summed E-state index contributed by atoms with van der Waals surface area (Å²) in [5.41, 5.74) is 17.1. The molecule has 1 fully saturated rings. The number of carbonyl (C=O) groups excluding carboxylic acids is 2. The number of rotatable bonds is 16. The lowest BCUT2D eigenvalue weighted by Crippen LogP contribution is -2.64. The number of benzene rings is 1. The molecule has 1 amide bonds. The number of carboxylic acids is 1. The van der Waals surface area contributed by atoms with E-state index < -0.39 is 64.8 Å². The number of thiazole rings is 1. The fourth-order valence-corrected chi connectivity index (χ4v) is 5.63. The maximum absolute atomic E-state index is 13.4. The highest BCUT2D eigenvalue weighted by atomic mass is 32.2. The van der Waals surface area contributed by atoms with Gasteiger partial charge in [-0.3, -0.25) is 23.8 Å². The van der Waals surface area contributed by atoms with Crippen LogP contribution in [-0.2, 0) is 36.1 Å². The van der Waals surface area contributed by atoms with E-state index in [0.717, 1.165) is 11.3 Å². The van der Waals surface area contributed by atoms with Crippen molar-refractivity contribution in [3.8, 4) is 5.75 Å². The lowest BCUT2D eigenvalue weighted by Gasteiger charge is -2.43. The van der Waals surface area contributed by atoms with E-state index in [9.17, 15) is 32.5 Å². The molecule has 0 aliphatic carbocycles. The number of amidine groups is 1. The third-order valence-electron chi connectivity index (χ3n) is 6.33. The van der Waals surface area contributed by atoms with Crippen molar-refractivity contribution in [1.29, 1.82) is 0 Å². The first-order valence-electron chi connectivity index (χ1n) is 13.0. The Balaban J connectivity index is 1.49. The van der Waals surface area contributed by atoms with Crippen LogP contribution in [0.25, 0.3) is 0 Å². The lowest BCUT2D eigenvalue weighted by atomic mass is 9.84. The summed E-state index contributed by atoms with van der Waals surface area (Å²) in [6.07, 6.45) is 0.154. The molecule has 1 aromatic carbocycles. The van der Waals surface area contributed by atoms with Gasteiger partial charge in [0.15, 0.2) is 16.6 Å². The van der Waals surface area contributed by atoms with Crippen molar-refractivity contribution in [2.75, 3.05) is 25.4 Å². The number of carboxylic acid groups (broad SMARTS) is 1. The summed E-state index contributed by atoms with van der Waals surface area (Å²) in [4.78, 5) is 55.1. The van der Waals surface area contributed by atoms with Gasteiger partial charge in [-0.2, -0.15) is 13.5 Å². The molecule has 2 aromatic heterocycles. The summed E-state index contributed by atoms with van der Waals surface area (Å²) in [7, 11) is -4.94. The Hall–Kier alpha value is -4.99. The van der Waals surface area contributed by atoms with Gasteiger partial charge in [0.1, 0.15) is 36.5 Å². The van der Waals surface area contributed by atoms with E-state index in [0.29, 0.717) is 18.7 Å². The van der Waals surface area contributed by atoms with Gasteiger partial charge in [-0.05, 0) is 24.3 Å². The molecule has 4 rings (SSSR count). The van der Waals surface area contributed by atoms with E-state index in [4.69, 9.17) is 26.8 Å². The number of ketones is 1. The number of β-lactam (4-membered cyclic amide) rings is 1. The van der Waals surface area contributed by atoms with E-state index in [2.05, 4.69) is 25.2 Å². The summed E-state index contributed by atoms with van der Waals surface area (Å²) in [6, 6.07) is 5.12. The van der Waals surface area contributed by atoms with Crippen LogP contribution < -0.4 is 21.9 Å². The number of anilines is 1. The molecule has 3 atom stereocenters. The third-order valence-corrected chi connectivity index (χ3v) is 7.95. The van der Waals surface area contributed by atoms with Crippen LogP contribution in [0.2, 0.25) is 0 Å². The Kier molecular flexibility index (Phi) is 10.4. The molecule has 0 spiro atoms. The number of nitrogens with zero attached hydrogens (tertiary/aromatic N) is 7. The minimum atomic E-state index is -4.94. The van der Waals surface area contributed by atoms with Crippen molar-refractivity contribution in [1.82, 2.24) is 24.1 Å². The first-order valence-corrected chi connectivity index (χ1v) is 15.2. The second-order valence-corrected chi connectivity index (χ2v) is 11.5. The zero-order valence-electron chi connectivity index (χ0n) is 23.2. The molecule has 45 heavy (non-hydrogen) atoms. The Morgan fingerprint density at radius 1 is 1.22 bits per heavy atom. The SMILES string of the molecule is NCCN=C(N)c1ccc(OC[C@H](O/N=C(\C(=O)C[C@@H]2C(=O)N(S(=O)(=O)O)[C@@H]2Cn2cncn2)c2csc(N)n2)C(=O)O)cc1. The number of hydrogen-bond acceptors (Lipinski definition) is 15. The first-order chi connectivity index (χ1) is 21.4. The zero-order valence-corrected chi connectivity index (χ0v) is 24.9. The van der Waals surface area contributed by atoms with Crippen molar-refractivity contribution < 1.29 is 42.0 Å². The van der Waals surface area contributed by atoms with Crippen LogP contribution in [0, 0.1) is 5.92 Å². The average molecular weight is 665 g/mol. The standard InChI is InChI=1S/C24H28N10O9S2/c25-5-6-29-21(26)13-1-3-14(4-2-13)42-9-19(23(37)38)43-32-20(16-10-44-24(27)31-16)18(35)7-15-17(8-33-12-28-11-30-33)34(22(15)36)45(39,40)41/h1-4,10-12,15,17,19H,5-9,25H2,(H2,26,29)(H2,27,31)(H,37,38)(H,39,40,41)/b32-20-/t15-,17+,19-/m0/s1. The number of aliphatic imine (C=N–C) groups is 1. The van der Waals surface area contributed by atoms with E-state index in [1.165, 1.54) is 34.8 Å². The fraction of sp³-hybridized carbons (Fsp3) is 0.333. The van der Waals surface area contributed by atoms with E-state index in [1.54, 1.807) is 12.1 Å². The molecular weight excluding hydrogens is 636 g/mol. The number of nitrogens with two attached hydrogens (primary N) is 3. The highest BCUT2D eigenvalue weighted by molar-refractivity contribution is 7.84. The molecule has 1 aliphatic rings. The summed E-state index contributed by atoms with van der Waals surface area (Å²) in [5.74, 6) is -4.02. The third kappa shape index (κ3) is 8.14. The van der Waals surface area contributed by atoms with Gasteiger partial charge in [-0.15, -0.1) is 11.3 Å². The Bertz CT molecular complexity index is 1690. The molecular formula is C24H28N10O9S2. The second kappa shape index (κ2) is 14.2. The molecule has 1 saturated heterocycles. The summed E-state index contributed by atoms with van der Waals surface area (Å²) in [5, 5.41) is 18.7. The van der Waals surface area contributed by atoms with Crippen LogP contribution in [0.5, 0.6) is 5.75 Å². The van der Waals surface area contributed by atoms with Gasteiger partial charge in [-0.1, -0.05) is 5.16 Å². The molecule has 8 N–H and O–H groups in total. The van der Waals surface area contributed by atoms with Crippen LogP contribution in [0.15, 0.2) is 52.4 Å². The van der Waals surface area contributed by atoms with Crippen molar-refractivity contribution in [2.24, 2.45) is 27.5 Å². The Morgan fingerprint density at radius 3 is 2.53 bits per heavy atom. The minimum Gasteiger partial charge on any atom is -0.489 e. The predicted molar refractivity (Wildman–Crippen MR) is 157 cm³/mol. The molecule has 1 aliphatic heterocycles. The second-order valence-electron chi connectivity index (χ2n) is 9.36. The predicted octanol–water partition coefficient (Wildman–Crippen LogP) is -1.48. The lowest BCUT2D eigenvalue weighted by molar-refractivity contribution is -0.152. The smallest absolute Gasteiger partial charge is 0.362 e. The number of Topliss-reactive ketones (excluding diaryl/α,β-unsaturated/α-hetero) is 1. The van der Waals surface area contributed by atoms with Gasteiger partial charge in [0, 0.05) is 23.9 Å². The highest BCUT2D eigenvalue weighted by Crippen LogP contribution is 2.33. The van der Waals surface area contributed by atoms with Gasteiger partial charge in [0.05, 0.1) is 25.0 Å². The van der Waals surface area contributed by atoms with Crippen LogP contribution in [0.1, 0.15) is 17.7 Å². The number of ether oxygens (including phenoxy) is 1. The number of aromatic nitrogens is 4. The van der Waals surface area contributed by atoms with Crippen molar-refractivity contribution in [3.63, 3.8) is 0 Å². The van der Waals surface area contributed by atoms with Gasteiger partial charge >= 0.3 is 16.3 Å². The maximum atomic E-state index is 13.4. The largest absolute Gasteiger partial charge is 0.489 e. The van der Waals surface area contributed by atoms with Crippen LogP contribution >= 0.6 is 11.3 Å². The number of oxime groups is 1. The van der Waals surface area contributed by atoms with Gasteiger partial charge in [0.2, 0.25) is 5.91 Å². The normalized spacial score (nSPS) is 17.9. The van der Waals surface area contributed by atoms with E-state index in [-0.39, 0.29) is 33.3 Å². The van der Waals surface area contributed by atoms with E-state index in [1.807, 2.05) is 0 Å². The van der Waals surface area contributed by atoms with Crippen LogP contribution in [0.4, 0.5) is 5.13 Å². The van der Waals surface area contributed by atoms with E-state index >= 15 is 0 Å². The molecule has 240 valence electrons. The Morgan fingerprint density at radius 2 is 1.96 bits per heavy atom. The molecule has 0 saturated carbocycles. The van der Waals surface area contributed by atoms with Crippen LogP contribution in [0.3, 0.4) is 0 Å². The van der Waals surface area contributed by atoms with Crippen molar-refractivity contribution in [2.45, 2.75) is 25.1 Å². The molecule has 19 nitrogen and oxygen atoms in total. The number of aliphatic carboxylic acids is 1. The number of carbonyl (C=O) groups is 3. The van der Waals surface area contributed by atoms with Gasteiger partial charge in [-0.25, -0.2) is 19.1 Å². The van der Waals surface area contributed by atoms with Crippen molar-refractivity contribution >= 4 is 56.0 Å². The van der Waals surface area contributed by atoms with Crippen LogP contribution in [-0.4, -0.2) is 103 Å².